The summed E-state index contributed by atoms with van der Waals surface area (Å²) in [5.74, 6) is -0.890. The minimum absolute atomic E-state index is 0.217. The molecule has 0 aliphatic heterocycles. The van der Waals surface area contributed by atoms with Crippen molar-refractivity contribution in [3.8, 4) is 17.0 Å². The molecule has 26 heavy (non-hydrogen) atoms. The highest BCUT2D eigenvalue weighted by atomic mass is 35.5. The molecule has 0 saturated carbocycles. The number of aromatic hydroxyl groups is 1. The van der Waals surface area contributed by atoms with Crippen molar-refractivity contribution in [2.75, 3.05) is 0 Å². The number of benzene rings is 1. The summed E-state index contributed by atoms with van der Waals surface area (Å²) in [6, 6.07) is 10.6. The number of aryl methyl sites for hydroxylation is 2. The van der Waals surface area contributed by atoms with Gasteiger partial charge in [0.25, 0.3) is 0 Å². The van der Waals surface area contributed by atoms with Gasteiger partial charge in [0.1, 0.15) is 27.9 Å². The van der Waals surface area contributed by atoms with Gasteiger partial charge in [-0.05, 0) is 19.1 Å². The van der Waals surface area contributed by atoms with E-state index in [1.54, 1.807) is 7.05 Å². The monoisotopic (exact) mass is 370 g/mol. The van der Waals surface area contributed by atoms with Crippen molar-refractivity contribution in [3.63, 3.8) is 0 Å². The molecule has 7 heteroatoms. The highest BCUT2D eigenvalue weighted by Gasteiger charge is 2.18. The van der Waals surface area contributed by atoms with Crippen LogP contribution in [-0.4, -0.2) is 20.7 Å². The molecule has 0 atom stereocenters. The standard InChI is InChI=1S/C19H15ClN2O4/c1-11-10-15(24)16(19(25)26-11)14(23)9-8-13-17(21-22(2)18(13)20)12-6-4-3-5-7-12/h3-10,24H,1-2H3/b9-8+. The molecule has 0 saturated heterocycles. The van der Waals surface area contributed by atoms with Crippen LogP contribution in [0.1, 0.15) is 21.7 Å². The Balaban J connectivity index is 2.02. The lowest BCUT2D eigenvalue weighted by Gasteiger charge is -2.00. The topological polar surface area (TPSA) is 85.3 Å². The molecule has 3 rings (SSSR count). The van der Waals surface area contributed by atoms with Crippen LogP contribution < -0.4 is 5.63 Å². The van der Waals surface area contributed by atoms with Crippen LogP contribution in [-0.2, 0) is 7.05 Å². The van der Waals surface area contributed by atoms with Crippen LogP contribution in [0.25, 0.3) is 17.3 Å². The van der Waals surface area contributed by atoms with Gasteiger partial charge in [-0.15, -0.1) is 0 Å². The Hall–Kier alpha value is -3.12. The fraction of sp³-hybridized carbons (Fsp3) is 0.105. The third-order valence-corrected chi connectivity index (χ3v) is 4.21. The van der Waals surface area contributed by atoms with E-state index in [0.717, 1.165) is 11.6 Å². The zero-order chi connectivity index (χ0) is 18.8. The number of hydrogen-bond donors (Lipinski definition) is 1. The lowest BCUT2D eigenvalue weighted by molar-refractivity contribution is 0.104. The highest BCUT2D eigenvalue weighted by Crippen LogP contribution is 2.29. The summed E-state index contributed by atoms with van der Waals surface area (Å²) in [5, 5.41) is 14.6. The van der Waals surface area contributed by atoms with Crippen molar-refractivity contribution in [2.45, 2.75) is 6.92 Å². The van der Waals surface area contributed by atoms with E-state index in [4.69, 9.17) is 16.0 Å². The number of carbonyl (C=O) groups excluding carboxylic acids is 1. The number of allylic oxidation sites excluding steroid dienone is 1. The summed E-state index contributed by atoms with van der Waals surface area (Å²) >= 11 is 6.28. The summed E-state index contributed by atoms with van der Waals surface area (Å²) in [4.78, 5) is 24.2. The fourth-order valence-electron chi connectivity index (χ4n) is 2.54. The molecule has 3 aromatic rings. The van der Waals surface area contributed by atoms with Crippen LogP contribution in [0.5, 0.6) is 5.75 Å². The number of rotatable bonds is 4. The van der Waals surface area contributed by atoms with Gasteiger partial charge < -0.3 is 9.52 Å². The number of nitrogens with zero attached hydrogens (tertiary/aromatic N) is 2. The van der Waals surface area contributed by atoms with Crippen LogP contribution in [0.4, 0.5) is 0 Å². The van der Waals surface area contributed by atoms with Crippen molar-refractivity contribution in [1.82, 2.24) is 9.78 Å². The molecule has 0 aliphatic carbocycles. The van der Waals surface area contributed by atoms with Crippen molar-refractivity contribution < 1.29 is 14.3 Å². The zero-order valence-corrected chi connectivity index (χ0v) is 14.8. The molecular formula is C19H15ClN2O4. The minimum Gasteiger partial charge on any atom is -0.507 e. The summed E-state index contributed by atoms with van der Waals surface area (Å²) in [6.07, 6.45) is 2.63. The van der Waals surface area contributed by atoms with Gasteiger partial charge in [0.15, 0.2) is 5.78 Å². The molecule has 6 nitrogen and oxygen atoms in total. The second-order valence-electron chi connectivity index (χ2n) is 5.65. The Bertz CT molecular complexity index is 1070. The number of carbonyl (C=O) groups is 1. The first-order valence-corrected chi connectivity index (χ1v) is 8.10. The van der Waals surface area contributed by atoms with Gasteiger partial charge in [-0.3, -0.25) is 9.48 Å². The van der Waals surface area contributed by atoms with Gasteiger partial charge in [0.2, 0.25) is 0 Å². The summed E-state index contributed by atoms with van der Waals surface area (Å²) < 4.78 is 6.36. The molecule has 2 heterocycles. The molecular weight excluding hydrogens is 356 g/mol. The Morgan fingerprint density at radius 2 is 2.00 bits per heavy atom. The Kier molecular flexibility index (Phi) is 4.77. The lowest BCUT2D eigenvalue weighted by atomic mass is 10.1. The first-order chi connectivity index (χ1) is 12.4. The average Bonchev–Trinajstić information content (AvgIpc) is 2.88. The van der Waals surface area contributed by atoms with E-state index >= 15 is 0 Å². The van der Waals surface area contributed by atoms with Crippen LogP contribution in [0, 0.1) is 6.92 Å². The van der Waals surface area contributed by atoms with Gasteiger partial charge in [-0.1, -0.05) is 41.9 Å². The minimum atomic E-state index is -0.891. The first-order valence-electron chi connectivity index (χ1n) is 7.72. The fourth-order valence-corrected chi connectivity index (χ4v) is 2.73. The van der Waals surface area contributed by atoms with E-state index in [9.17, 15) is 14.7 Å². The third kappa shape index (κ3) is 3.32. The first kappa shape index (κ1) is 17.7. The van der Waals surface area contributed by atoms with E-state index in [1.807, 2.05) is 30.3 Å². The van der Waals surface area contributed by atoms with Gasteiger partial charge in [0, 0.05) is 24.2 Å². The average molecular weight is 371 g/mol. The maximum atomic E-state index is 12.4. The number of aromatic nitrogens is 2. The largest absolute Gasteiger partial charge is 0.507 e. The molecule has 1 aromatic carbocycles. The molecule has 0 amide bonds. The summed E-state index contributed by atoms with van der Waals surface area (Å²) in [5.41, 5.74) is 0.651. The molecule has 0 spiro atoms. The van der Waals surface area contributed by atoms with Crippen LogP contribution in [0.2, 0.25) is 5.15 Å². The van der Waals surface area contributed by atoms with Gasteiger partial charge >= 0.3 is 5.63 Å². The van der Waals surface area contributed by atoms with Gasteiger partial charge in [-0.2, -0.15) is 5.10 Å². The number of ketones is 1. The quantitative estimate of drug-likeness (QED) is 0.560. The molecule has 0 unspecified atom stereocenters. The predicted octanol–water partition coefficient (Wildman–Crippen LogP) is 3.60. The molecule has 0 radical (unpaired) electrons. The van der Waals surface area contributed by atoms with Gasteiger partial charge in [0.05, 0.1) is 0 Å². The maximum Gasteiger partial charge on any atom is 0.351 e. The smallest absolute Gasteiger partial charge is 0.351 e. The maximum absolute atomic E-state index is 12.4. The second-order valence-corrected chi connectivity index (χ2v) is 6.00. The van der Waals surface area contributed by atoms with E-state index in [-0.39, 0.29) is 5.76 Å². The van der Waals surface area contributed by atoms with Crippen molar-refractivity contribution >= 4 is 23.5 Å². The molecule has 132 valence electrons. The van der Waals surface area contributed by atoms with E-state index < -0.39 is 22.7 Å². The second kappa shape index (κ2) is 7.01. The Morgan fingerprint density at radius 1 is 1.31 bits per heavy atom. The Morgan fingerprint density at radius 3 is 2.65 bits per heavy atom. The van der Waals surface area contributed by atoms with Crippen molar-refractivity contribution in [3.05, 3.63) is 74.9 Å². The number of hydrogen-bond acceptors (Lipinski definition) is 5. The molecule has 0 bridgehead atoms. The van der Waals surface area contributed by atoms with Crippen molar-refractivity contribution in [1.29, 1.82) is 0 Å². The molecule has 0 fully saturated rings. The lowest BCUT2D eigenvalue weighted by Crippen LogP contribution is -2.12. The molecule has 0 aliphatic rings. The SMILES string of the molecule is Cc1cc(O)c(C(=O)/C=C/c2c(-c3ccccc3)nn(C)c2Cl)c(=O)o1. The van der Waals surface area contributed by atoms with E-state index in [0.29, 0.717) is 16.4 Å². The van der Waals surface area contributed by atoms with E-state index in [1.165, 1.54) is 23.7 Å². The van der Waals surface area contributed by atoms with Crippen LogP contribution in [0.15, 0.2) is 51.7 Å². The summed E-state index contributed by atoms with van der Waals surface area (Å²) in [6.45, 7) is 1.51. The Labute approximate surface area is 154 Å². The third-order valence-electron chi connectivity index (χ3n) is 3.76. The van der Waals surface area contributed by atoms with Gasteiger partial charge in [-0.25, -0.2) is 4.79 Å². The highest BCUT2D eigenvalue weighted by molar-refractivity contribution is 6.31. The van der Waals surface area contributed by atoms with Crippen LogP contribution >= 0.6 is 11.6 Å². The predicted molar refractivity (Wildman–Crippen MR) is 98.4 cm³/mol. The normalized spacial score (nSPS) is 11.2. The van der Waals surface area contributed by atoms with Crippen molar-refractivity contribution in [2.24, 2.45) is 7.05 Å². The molecule has 2 aromatic heterocycles. The number of halogens is 1. The summed E-state index contributed by atoms with van der Waals surface area (Å²) in [7, 11) is 1.69. The molecule has 1 N–H and O–H groups in total. The van der Waals surface area contributed by atoms with E-state index in [2.05, 4.69) is 5.10 Å². The van der Waals surface area contributed by atoms with Crippen LogP contribution in [0.3, 0.4) is 0 Å². The zero-order valence-electron chi connectivity index (χ0n) is 14.1.